The number of anilines is 1. The van der Waals surface area contributed by atoms with Gasteiger partial charge in [-0.15, -0.1) is 0 Å². The van der Waals surface area contributed by atoms with Crippen molar-refractivity contribution in [3.8, 4) is 0 Å². The van der Waals surface area contributed by atoms with E-state index in [1.54, 1.807) is 23.5 Å². The fraction of sp³-hybridized carbons (Fsp3) is 0.389. The van der Waals surface area contributed by atoms with Gasteiger partial charge in [-0.05, 0) is 37.5 Å². The molecule has 2 amide bonds. The normalized spacial score (nSPS) is 14.1. The predicted octanol–water partition coefficient (Wildman–Crippen LogP) is 2.36. The Kier molecular flexibility index (Phi) is 5.42. The van der Waals surface area contributed by atoms with Crippen LogP contribution in [0.3, 0.4) is 0 Å². The van der Waals surface area contributed by atoms with Crippen LogP contribution in [0.1, 0.15) is 36.0 Å². The summed E-state index contributed by atoms with van der Waals surface area (Å²) < 4.78 is 16.0. The summed E-state index contributed by atoms with van der Waals surface area (Å²) >= 11 is 0. The van der Waals surface area contributed by atoms with Gasteiger partial charge < -0.3 is 14.8 Å². The lowest BCUT2D eigenvalue weighted by Gasteiger charge is -2.17. The number of hydrogen-bond acceptors (Lipinski definition) is 3. The zero-order valence-corrected chi connectivity index (χ0v) is 13.9. The van der Waals surface area contributed by atoms with Crippen LogP contribution in [-0.2, 0) is 11.3 Å². The molecule has 0 spiro atoms. The summed E-state index contributed by atoms with van der Waals surface area (Å²) in [4.78, 5) is 29.6. The number of carbonyl (C=O) groups excluding carboxylic acids is 2. The molecule has 1 saturated heterocycles. The smallest absolute Gasteiger partial charge is 0.254 e. The maximum Gasteiger partial charge on any atom is 0.254 e. The lowest BCUT2D eigenvalue weighted by Crippen LogP contribution is -2.27. The lowest BCUT2D eigenvalue weighted by molar-refractivity contribution is -0.117. The van der Waals surface area contributed by atoms with Crippen LogP contribution in [0.25, 0.3) is 0 Å². The molecule has 1 fully saturated rings. The molecule has 1 aliphatic heterocycles. The zero-order chi connectivity index (χ0) is 17.6. The van der Waals surface area contributed by atoms with Crippen molar-refractivity contribution in [3.05, 3.63) is 48.3 Å². The van der Waals surface area contributed by atoms with E-state index in [9.17, 15) is 14.0 Å². The highest BCUT2D eigenvalue weighted by molar-refractivity contribution is 5.99. The number of aromatic nitrogens is 2. The third-order valence-electron chi connectivity index (χ3n) is 4.27. The first-order valence-corrected chi connectivity index (χ1v) is 8.49. The first-order chi connectivity index (χ1) is 12.1. The molecule has 3 rings (SSSR count). The molecule has 0 bridgehead atoms. The van der Waals surface area contributed by atoms with Gasteiger partial charge in [0.2, 0.25) is 5.91 Å². The molecule has 2 heterocycles. The second kappa shape index (κ2) is 7.92. The summed E-state index contributed by atoms with van der Waals surface area (Å²) in [5.74, 6) is -1.02. The standard InChI is InChI=1S/C18H21FN4O2/c19-16-6-5-14(23-10-3-4-17(23)24)12-15(16)18(25)21-7-1-2-9-22-11-8-20-13-22/h5-6,8,11-13H,1-4,7,9-10H2,(H,21,25). The van der Waals surface area contributed by atoms with Crippen molar-refractivity contribution in [2.24, 2.45) is 0 Å². The highest BCUT2D eigenvalue weighted by Gasteiger charge is 2.23. The molecular formula is C18H21FN4O2. The van der Waals surface area contributed by atoms with Crippen LogP contribution in [0, 0.1) is 5.82 Å². The van der Waals surface area contributed by atoms with Crippen LogP contribution in [0.15, 0.2) is 36.9 Å². The van der Waals surface area contributed by atoms with Gasteiger partial charge in [-0.1, -0.05) is 0 Å². The largest absolute Gasteiger partial charge is 0.352 e. The van der Waals surface area contributed by atoms with Gasteiger partial charge in [0.1, 0.15) is 5.82 Å². The van der Waals surface area contributed by atoms with E-state index in [-0.39, 0.29) is 11.5 Å². The minimum absolute atomic E-state index is 0.0115. The van der Waals surface area contributed by atoms with Crippen molar-refractivity contribution >= 4 is 17.5 Å². The van der Waals surface area contributed by atoms with Gasteiger partial charge in [0.25, 0.3) is 5.91 Å². The Labute approximate surface area is 145 Å². The van der Waals surface area contributed by atoms with Gasteiger partial charge in [-0.3, -0.25) is 9.59 Å². The number of halogens is 1. The second-order valence-corrected chi connectivity index (χ2v) is 6.08. The Morgan fingerprint density at radius 2 is 2.20 bits per heavy atom. The number of nitrogens with zero attached hydrogens (tertiary/aromatic N) is 3. The SMILES string of the molecule is O=C(NCCCCn1ccnc1)c1cc(N2CCCC2=O)ccc1F. The Morgan fingerprint density at radius 3 is 2.92 bits per heavy atom. The summed E-state index contributed by atoms with van der Waals surface area (Å²) in [5, 5.41) is 2.74. The summed E-state index contributed by atoms with van der Waals surface area (Å²) in [6.45, 7) is 1.91. The number of imidazole rings is 1. The van der Waals surface area contributed by atoms with E-state index in [0.29, 0.717) is 25.2 Å². The Bertz CT molecular complexity index is 746. The maximum absolute atomic E-state index is 14.0. The number of rotatable bonds is 7. The molecule has 132 valence electrons. The first kappa shape index (κ1) is 17.1. The van der Waals surface area contributed by atoms with Crippen molar-refractivity contribution < 1.29 is 14.0 Å². The van der Waals surface area contributed by atoms with Crippen LogP contribution >= 0.6 is 0 Å². The molecule has 25 heavy (non-hydrogen) atoms. The molecule has 7 heteroatoms. The fourth-order valence-corrected chi connectivity index (χ4v) is 2.91. The molecule has 1 aromatic carbocycles. The van der Waals surface area contributed by atoms with Crippen LogP contribution in [0.2, 0.25) is 0 Å². The van der Waals surface area contributed by atoms with Gasteiger partial charge in [0, 0.05) is 44.1 Å². The molecule has 1 N–H and O–H groups in total. The predicted molar refractivity (Wildman–Crippen MR) is 91.8 cm³/mol. The third-order valence-corrected chi connectivity index (χ3v) is 4.27. The number of benzene rings is 1. The van der Waals surface area contributed by atoms with Crippen LogP contribution < -0.4 is 10.2 Å². The average Bonchev–Trinajstić information content (AvgIpc) is 3.26. The summed E-state index contributed by atoms with van der Waals surface area (Å²) in [5.41, 5.74) is 0.556. The molecule has 1 aromatic heterocycles. The Morgan fingerprint density at radius 1 is 1.32 bits per heavy atom. The van der Waals surface area contributed by atoms with E-state index < -0.39 is 11.7 Å². The van der Waals surface area contributed by atoms with Crippen LogP contribution in [0.4, 0.5) is 10.1 Å². The molecule has 0 unspecified atom stereocenters. The van der Waals surface area contributed by atoms with Gasteiger partial charge in [0.05, 0.1) is 11.9 Å². The van der Waals surface area contributed by atoms with Crippen LogP contribution in [0.5, 0.6) is 0 Å². The van der Waals surface area contributed by atoms with Crippen molar-refractivity contribution in [2.75, 3.05) is 18.0 Å². The van der Waals surface area contributed by atoms with E-state index in [1.165, 1.54) is 12.1 Å². The van der Waals surface area contributed by atoms with E-state index in [4.69, 9.17) is 0 Å². The van der Waals surface area contributed by atoms with Gasteiger partial charge >= 0.3 is 0 Å². The molecule has 0 radical (unpaired) electrons. The molecule has 2 aromatic rings. The average molecular weight is 344 g/mol. The number of amides is 2. The molecule has 0 aliphatic carbocycles. The number of carbonyl (C=O) groups is 2. The summed E-state index contributed by atoms with van der Waals surface area (Å²) in [6.07, 6.45) is 8.32. The topological polar surface area (TPSA) is 67.2 Å². The van der Waals surface area contributed by atoms with Gasteiger partial charge in [0.15, 0.2) is 0 Å². The van der Waals surface area contributed by atoms with Gasteiger partial charge in [-0.25, -0.2) is 9.37 Å². The third kappa shape index (κ3) is 4.23. The van der Waals surface area contributed by atoms with Crippen molar-refractivity contribution in [1.82, 2.24) is 14.9 Å². The summed E-state index contributed by atoms with van der Waals surface area (Å²) in [6, 6.07) is 4.24. The minimum Gasteiger partial charge on any atom is -0.352 e. The maximum atomic E-state index is 14.0. The Balaban J connectivity index is 1.53. The number of hydrogen-bond donors (Lipinski definition) is 1. The highest BCUT2D eigenvalue weighted by atomic mass is 19.1. The molecule has 1 aliphatic rings. The molecular weight excluding hydrogens is 323 g/mol. The number of nitrogens with one attached hydrogen (secondary N) is 1. The molecule has 0 atom stereocenters. The zero-order valence-electron chi connectivity index (χ0n) is 13.9. The molecule has 6 nitrogen and oxygen atoms in total. The highest BCUT2D eigenvalue weighted by Crippen LogP contribution is 2.23. The second-order valence-electron chi connectivity index (χ2n) is 6.08. The number of unbranched alkanes of at least 4 members (excludes halogenated alkanes) is 1. The lowest BCUT2D eigenvalue weighted by atomic mass is 10.1. The Hall–Kier alpha value is -2.70. The minimum atomic E-state index is -0.577. The first-order valence-electron chi connectivity index (χ1n) is 8.49. The van der Waals surface area contributed by atoms with E-state index in [1.807, 2.05) is 10.8 Å². The van der Waals surface area contributed by atoms with Crippen molar-refractivity contribution in [3.63, 3.8) is 0 Å². The molecule has 0 saturated carbocycles. The van der Waals surface area contributed by atoms with Crippen molar-refractivity contribution in [1.29, 1.82) is 0 Å². The monoisotopic (exact) mass is 344 g/mol. The fourth-order valence-electron chi connectivity index (χ4n) is 2.91. The van der Waals surface area contributed by atoms with Gasteiger partial charge in [-0.2, -0.15) is 0 Å². The van der Waals surface area contributed by atoms with Crippen molar-refractivity contribution in [2.45, 2.75) is 32.2 Å². The number of aryl methyl sites for hydroxylation is 1. The van der Waals surface area contributed by atoms with E-state index >= 15 is 0 Å². The quantitative estimate of drug-likeness (QED) is 0.784. The van der Waals surface area contributed by atoms with Crippen LogP contribution in [-0.4, -0.2) is 34.5 Å². The summed E-state index contributed by atoms with van der Waals surface area (Å²) in [7, 11) is 0. The van der Waals surface area contributed by atoms with E-state index in [0.717, 1.165) is 25.8 Å². The van der Waals surface area contributed by atoms with E-state index in [2.05, 4.69) is 10.3 Å².